The van der Waals surface area contributed by atoms with Crippen molar-refractivity contribution in [2.45, 2.75) is 38.6 Å². The number of nitrogens with zero attached hydrogens (tertiary/aromatic N) is 2. The smallest absolute Gasteiger partial charge is 0.220 e. The molecule has 2 aromatic carbocycles. The van der Waals surface area contributed by atoms with Crippen LogP contribution < -0.4 is 10.1 Å². The van der Waals surface area contributed by atoms with Crippen LogP contribution in [-0.4, -0.2) is 22.3 Å². The minimum absolute atomic E-state index is 0.0335. The van der Waals surface area contributed by atoms with Gasteiger partial charge in [-0.15, -0.1) is 0 Å². The van der Waals surface area contributed by atoms with Crippen molar-refractivity contribution in [2.75, 3.05) is 6.61 Å². The van der Waals surface area contributed by atoms with Gasteiger partial charge in [0.15, 0.2) is 0 Å². The maximum atomic E-state index is 13.1. The summed E-state index contributed by atoms with van der Waals surface area (Å²) in [4.78, 5) is 12.2. The highest BCUT2D eigenvalue weighted by molar-refractivity contribution is 5.75. The molecule has 1 heterocycles. The number of ether oxygens (including phenoxy) is 1. The summed E-state index contributed by atoms with van der Waals surface area (Å²) in [6.07, 6.45) is 4.08. The predicted molar refractivity (Wildman–Crippen MR) is 109 cm³/mol. The molecule has 0 fully saturated rings. The average Bonchev–Trinajstić information content (AvgIpc) is 3.34. The molecule has 3 aromatic rings. The van der Waals surface area contributed by atoms with Crippen molar-refractivity contribution in [3.63, 3.8) is 0 Å². The van der Waals surface area contributed by atoms with Gasteiger partial charge in [0.1, 0.15) is 11.6 Å². The summed E-state index contributed by atoms with van der Waals surface area (Å²) < 4.78 is 20.6. The number of nitrogens with one attached hydrogen (secondary N) is 1. The SMILES string of the molecule is O=C(CCCOc1cccc(F)c1)NCc1nn(-c2ccccc2)c2c1CCC2. The predicted octanol–water partition coefficient (Wildman–Crippen LogP) is 3.98. The van der Waals surface area contributed by atoms with Gasteiger partial charge in [0, 0.05) is 18.2 Å². The monoisotopic (exact) mass is 393 g/mol. The molecule has 0 saturated heterocycles. The molecule has 5 nitrogen and oxygen atoms in total. The zero-order chi connectivity index (χ0) is 20.1. The van der Waals surface area contributed by atoms with Gasteiger partial charge in [-0.2, -0.15) is 5.10 Å². The first-order chi connectivity index (χ1) is 14.2. The van der Waals surface area contributed by atoms with Gasteiger partial charge in [-0.3, -0.25) is 4.79 Å². The fraction of sp³-hybridized carbons (Fsp3) is 0.304. The Morgan fingerprint density at radius 1 is 1.14 bits per heavy atom. The topological polar surface area (TPSA) is 56.1 Å². The number of carbonyl (C=O) groups excluding carboxylic acids is 1. The van der Waals surface area contributed by atoms with Crippen molar-refractivity contribution in [1.29, 1.82) is 0 Å². The summed E-state index contributed by atoms with van der Waals surface area (Å²) >= 11 is 0. The van der Waals surface area contributed by atoms with Crippen molar-refractivity contribution in [3.8, 4) is 11.4 Å². The molecule has 0 aliphatic heterocycles. The molecule has 0 spiro atoms. The molecule has 1 aliphatic carbocycles. The van der Waals surface area contributed by atoms with Gasteiger partial charge in [0.05, 0.1) is 24.5 Å². The van der Waals surface area contributed by atoms with Crippen molar-refractivity contribution in [2.24, 2.45) is 0 Å². The first-order valence-electron chi connectivity index (χ1n) is 10.0. The van der Waals surface area contributed by atoms with Crippen LogP contribution in [0.1, 0.15) is 36.2 Å². The molecule has 1 aliphatic rings. The minimum atomic E-state index is -0.331. The van der Waals surface area contributed by atoms with E-state index in [0.29, 0.717) is 31.7 Å². The summed E-state index contributed by atoms with van der Waals surface area (Å²) in [5.74, 6) is 0.115. The fourth-order valence-corrected chi connectivity index (χ4v) is 3.69. The van der Waals surface area contributed by atoms with Crippen LogP contribution in [0.3, 0.4) is 0 Å². The Hall–Kier alpha value is -3.15. The minimum Gasteiger partial charge on any atom is -0.493 e. The number of aromatic nitrogens is 2. The standard InChI is InChI=1S/C23H24FN3O2/c24-17-7-4-10-19(15-17)29-14-6-13-23(28)25-16-21-20-11-5-12-22(20)27(26-21)18-8-2-1-3-9-18/h1-4,7-10,15H,5-6,11-14,16H2,(H,25,28). The number of hydrogen-bond donors (Lipinski definition) is 1. The van der Waals surface area contributed by atoms with Gasteiger partial charge in [-0.25, -0.2) is 9.07 Å². The lowest BCUT2D eigenvalue weighted by atomic mass is 10.2. The second-order valence-corrected chi connectivity index (χ2v) is 7.16. The van der Waals surface area contributed by atoms with Crippen molar-refractivity contribution in [1.82, 2.24) is 15.1 Å². The normalized spacial score (nSPS) is 12.6. The van der Waals surface area contributed by atoms with Crippen LogP contribution in [0.15, 0.2) is 54.6 Å². The van der Waals surface area contributed by atoms with Gasteiger partial charge in [-0.05, 0) is 55.5 Å². The Labute approximate surface area is 169 Å². The van der Waals surface area contributed by atoms with Crippen LogP contribution in [0.5, 0.6) is 5.75 Å². The highest BCUT2D eigenvalue weighted by Gasteiger charge is 2.23. The molecule has 29 heavy (non-hydrogen) atoms. The Balaban J connectivity index is 1.28. The molecule has 1 amide bonds. The van der Waals surface area contributed by atoms with Crippen LogP contribution in [-0.2, 0) is 24.2 Å². The maximum Gasteiger partial charge on any atom is 0.220 e. The molecule has 6 heteroatoms. The second kappa shape index (κ2) is 8.90. The highest BCUT2D eigenvalue weighted by atomic mass is 19.1. The zero-order valence-corrected chi connectivity index (χ0v) is 16.2. The largest absolute Gasteiger partial charge is 0.493 e. The van der Waals surface area contributed by atoms with Crippen molar-refractivity contribution < 1.29 is 13.9 Å². The van der Waals surface area contributed by atoms with Crippen LogP contribution in [0.25, 0.3) is 5.69 Å². The Bertz CT molecular complexity index is 985. The van der Waals surface area contributed by atoms with Crippen LogP contribution in [0.2, 0.25) is 0 Å². The lowest BCUT2D eigenvalue weighted by Crippen LogP contribution is -2.23. The molecule has 4 rings (SSSR count). The van der Waals surface area contributed by atoms with E-state index in [2.05, 4.69) is 5.32 Å². The third-order valence-corrected chi connectivity index (χ3v) is 5.08. The number of para-hydroxylation sites is 1. The highest BCUT2D eigenvalue weighted by Crippen LogP contribution is 2.27. The number of fused-ring (bicyclic) bond motifs is 1. The van der Waals surface area contributed by atoms with E-state index in [1.54, 1.807) is 12.1 Å². The molecule has 1 aromatic heterocycles. The summed E-state index contributed by atoms with van der Waals surface area (Å²) in [6, 6.07) is 16.1. The molecule has 0 atom stereocenters. The van der Waals surface area contributed by atoms with Gasteiger partial charge < -0.3 is 10.1 Å². The van der Waals surface area contributed by atoms with E-state index >= 15 is 0 Å². The third kappa shape index (κ3) is 4.65. The molecular formula is C23H24FN3O2. The molecule has 0 saturated carbocycles. The number of hydrogen-bond acceptors (Lipinski definition) is 3. The number of rotatable bonds is 8. The van der Waals surface area contributed by atoms with Gasteiger partial charge in [0.2, 0.25) is 5.91 Å². The average molecular weight is 393 g/mol. The van der Waals surface area contributed by atoms with E-state index in [9.17, 15) is 9.18 Å². The lowest BCUT2D eigenvalue weighted by Gasteiger charge is -2.07. The zero-order valence-electron chi connectivity index (χ0n) is 16.2. The number of benzene rings is 2. The number of halogens is 1. The third-order valence-electron chi connectivity index (χ3n) is 5.08. The fourth-order valence-electron chi connectivity index (χ4n) is 3.69. The van der Waals surface area contributed by atoms with Crippen LogP contribution in [0, 0.1) is 5.82 Å². The quantitative estimate of drug-likeness (QED) is 0.589. The van der Waals surface area contributed by atoms with Crippen molar-refractivity contribution in [3.05, 3.63) is 77.4 Å². The molecule has 150 valence electrons. The van der Waals surface area contributed by atoms with E-state index < -0.39 is 0 Å². The second-order valence-electron chi connectivity index (χ2n) is 7.16. The van der Waals surface area contributed by atoms with Crippen molar-refractivity contribution >= 4 is 5.91 Å². The van der Waals surface area contributed by atoms with Gasteiger partial charge in [0.25, 0.3) is 0 Å². The summed E-state index contributed by atoms with van der Waals surface area (Å²) in [7, 11) is 0. The Morgan fingerprint density at radius 3 is 2.83 bits per heavy atom. The van der Waals surface area contributed by atoms with E-state index in [0.717, 1.165) is 30.6 Å². The molecule has 0 unspecified atom stereocenters. The van der Waals surface area contributed by atoms with Gasteiger partial charge in [-0.1, -0.05) is 24.3 Å². The number of carbonyl (C=O) groups is 1. The molecule has 0 bridgehead atoms. The Kier molecular flexibility index (Phi) is 5.89. The maximum absolute atomic E-state index is 13.1. The molecule has 1 N–H and O–H groups in total. The summed E-state index contributed by atoms with van der Waals surface area (Å²) in [6.45, 7) is 0.806. The van der Waals surface area contributed by atoms with Gasteiger partial charge >= 0.3 is 0 Å². The van der Waals surface area contributed by atoms with E-state index in [1.165, 1.54) is 23.4 Å². The van der Waals surface area contributed by atoms with E-state index in [1.807, 2.05) is 35.0 Å². The van der Waals surface area contributed by atoms with Crippen LogP contribution in [0.4, 0.5) is 4.39 Å². The molecule has 0 radical (unpaired) electrons. The number of amides is 1. The first-order valence-corrected chi connectivity index (χ1v) is 10.0. The summed E-state index contributed by atoms with van der Waals surface area (Å²) in [5, 5.41) is 7.73. The summed E-state index contributed by atoms with van der Waals surface area (Å²) in [5.41, 5.74) is 4.52. The lowest BCUT2D eigenvalue weighted by molar-refractivity contribution is -0.121. The van der Waals surface area contributed by atoms with E-state index in [4.69, 9.17) is 9.84 Å². The molecular weight excluding hydrogens is 369 g/mol. The van der Waals surface area contributed by atoms with E-state index in [-0.39, 0.29) is 11.7 Å². The first kappa shape index (κ1) is 19.2. The Morgan fingerprint density at radius 2 is 2.00 bits per heavy atom. The van der Waals surface area contributed by atoms with Crippen LogP contribution >= 0.6 is 0 Å².